The zero-order valence-electron chi connectivity index (χ0n) is 10.5. The average Bonchev–Trinajstić information content (AvgIpc) is 2.47. The van der Waals surface area contributed by atoms with Crippen LogP contribution >= 0.6 is 11.6 Å². The second-order valence-corrected chi connectivity index (χ2v) is 4.67. The molecular formula is C15H12ClFN2O. The number of aliphatic hydroxyl groups is 1. The number of hydrogen-bond donors (Lipinski definition) is 2. The fourth-order valence-electron chi connectivity index (χ4n) is 1.82. The minimum atomic E-state index is -0.531. The van der Waals surface area contributed by atoms with Crippen LogP contribution in [0.5, 0.6) is 0 Å². The Morgan fingerprint density at radius 3 is 2.50 bits per heavy atom. The Morgan fingerprint density at radius 1 is 1.25 bits per heavy atom. The average molecular weight is 291 g/mol. The fraction of sp³-hybridized carbons (Fsp3) is 0.133. The van der Waals surface area contributed by atoms with E-state index in [0.29, 0.717) is 5.02 Å². The van der Waals surface area contributed by atoms with Crippen molar-refractivity contribution in [3.63, 3.8) is 0 Å². The van der Waals surface area contributed by atoms with Crippen molar-refractivity contribution in [1.29, 1.82) is 5.26 Å². The standard InChI is InChI=1S/C15H12ClFN2O/c16-12-4-2-11(3-5-12)15(9-20)19-14-6-1-10(8-18)7-13(14)17/h1-7,15,19-20H,9H2. The van der Waals surface area contributed by atoms with Crippen molar-refractivity contribution < 1.29 is 9.50 Å². The number of nitrogens with zero attached hydrogens (tertiary/aromatic N) is 1. The predicted octanol–water partition coefficient (Wildman–Crippen LogP) is 3.50. The van der Waals surface area contributed by atoms with Gasteiger partial charge in [0, 0.05) is 5.02 Å². The maximum absolute atomic E-state index is 13.8. The van der Waals surface area contributed by atoms with Crippen LogP contribution in [0, 0.1) is 17.1 Å². The summed E-state index contributed by atoms with van der Waals surface area (Å²) in [5, 5.41) is 21.6. The second kappa shape index (κ2) is 6.38. The Hall–Kier alpha value is -2.09. The second-order valence-electron chi connectivity index (χ2n) is 4.24. The molecule has 0 aliphatic heterocycles. The van der Waals surface area contributed by atoms with Crippen LogP contribution in [-0.4, -0.2) is 11.7 Å². The molecule has 0 aliphatic carbocycles. The molecule has 0 spiro atoms. The SMILES string of the molecule is N#Cc1ccc(NC(CO)c2ccc(Cl)cc2)c(F)c1. The minimum Gasteiger partial charge on any atom is -0.394 e. The summed E-state index contributed by atoms with van der Waals surface area (Å²) in [6, 6.07) is 12.5. The van der Waals surface area contributed by atoms with Crippen molar-refractivity contribution in [1.82, 2.24) is 0 Å². The van der Waals surface area contributed by atoms with E-state index in [0.717, 1.165) is 11.6 Å². The highest BCUT2D eigenvalue weighted by molar-refractivity contribution is 6.30. The lowest BCUT2D eigenvalue weighted by atomic mass is 10.1. The molecule has 0 heterocycles. The topological polar surface area (TPSA) is 56.0 Å². The first kappa shape index (κ1) is 14.3. The van der Waals surface area contributed by atoms with Gasteiger partial charge in [0.25, 0.3) is 0 Å². The van der Waals surface area contributed by atoms with Crippen molar-refractivity contribution in [2.75, 3.05) is 11.9 Å². The van der Waals surface area contributed by atoms with Crippen molar-refractivity contribution >= 4 is 17.3 Å². The Morgan fingerprint density at radius 2 is 1.95 bits per heavy atom. The number of nitriles is 1. The molecule has 1 unspecified atom stereocenters. The van der Waals surface area contributed by atoms with Gasteiger partial charge in [-0.1, -0.05) is 23.7 Å². The summed E-state index contributed by atoms with van der Waals surface area (Å²) >= 11 is 5.80. The molecule has 0 radical (unpaired) electrons. The highest BCUT2D eigenvalue weighted by Gasteiger charge is 2.12. The van der Waals surface area contributed by atoms with Gasteiger partial charge < -0.3 is 10.4 Å². The Labute approximate surface area is 121 Å². The van der Waals surface area contributed by atoms with Gasteiger partial charge in [-0.2, -0.15) is 5.26 Å². The Balaban J connectivity index is 2.22. The molecule has 0 bridgehead atoms. The monoisotopic (exact) mass is 290 g/mol. The Bertz CT molecular complexity index is 637. The van der Waals surface area contributed by atoms with E-state index in [4.69, 9.17) is 16.9 Å². The number of rotatable bonds is 4. The van der Waals surface area contributed by atoms with E-state index in [1.54, 1.807) is 24.3 Å². The fourth-order valence-corrected chi connectivity index (χ4v) is 1.94. The van der Waals surface area contributed by atoms with Crippen LogP contribution < -0.4 is 5.32 Å². The lowest BCUT2D eigenvalue weighted by Crippen LogP contribution is -2.15. The van der Waals surface area contributed by atoms with Gasteiger partial charge in [0.15, 0.2) is 0 Å². The zero-order valence-corrected chi connectivity index (χ0v) is 11.2. The number of benzene rings is 2. The van der Waals surface area contributed by atoms with Crippen molar-refractivity contribution in [3.8, 4) is 6.07 Å². The first-order valence-corrected chi connectivity index (χ1v) is 6.34. The van der Waals surface area contributed by atoms with Crippen LogP contribution in [0.1, 0.15) is 17.2 Å². The van der Waals surface area contributed by atoms with Gasteiger partial charge in [-0.05, 0) is 35.9 Å². The van der Waals surface area contributed by atoms with Gasteiger partial charge in [-0.25, -0.2) is 4.39 Å². The molecule has 2 N–H and O–H groups in total. The molecular weight excluding hydrogens is 279 g/mol. The van der Waals surface area contributed by atoms with E-state index in [1.165, 1.54) is 12.1 Å². The molecule has 20 heavy (non-hydrogen) atoms. The minimum absolute atomic E-state index is 0.193. The van der Waals surface area contributed by atoms with E-state index in [1.807, 2.05) is 6.07 Å². The maximum atomic E-state index is 13.8. The Kier molecular flexibility index (Phi) is 4.57. The molecule has 102 valence electrons. The van der Waals surface area contributed by atoms with Crippen molar-refractivity contribution in [2.45, 2.75) is 6.04 Å². The first-order valence-electron chi connectivity index (χ1n) is 5.96. The van der Waals surface area contributed by atoms with Gasteiger partial charge in [0.1, 0.15) is 5.82 Å². The number of aliphatic hydroxyl groups excluding tert-OH is 1. The number of anilines is 1. The summed E-state index contributed by atoms with van der Waals surface area (Å²) in [4.78, 5) is 0. The molecule has 3 nitrogen and oxygen atoms in total. The molecule has 0 saturated carbocycles. The summed E-state index contributed by atoms with van der Waals surface area (Å²) in [5.41, 5.74) is 1.28. The molecule has 2 aromatic rings. The quantitative estimate of drug-likeness (QED) is 0.906. The van der Waals surface area contributed by atoms with E-state index in [-0.39, 0.29) is 17.9 Å². The van der Waals surface area contributed by atoms with E-state index < -0.39 is 11.9 Å². The third-order valence-electron chi connectivity index (χ3n) is 2.88. The van der Waals surface area contributed by atoms with Gasteiger partial charge in [-0.15, -0.1) is 0 Å². The van der Waals surface area contributed by atoms with Gasteiger partial charge in [0.2, 0.25) is 0 Å². The molecule has 0 fully saturated rings. The lowest BCUT2D eigenvalue weighted by molar-refractivity contribution is 0.276. The van der Waals surface area contributed by atoms with Crippen LogP contribution in [0.25, 0.3) is 0 Å². The normalized spacial score (nSPS) is 11.7. The van der Waals surface area contributed by atoms with Crippen LogP contribution in [0.15, 0.2) is 42.5 Å². The molecule has 2 rings (SSSR count). The number of hydrogen-bond acceptors (Lipinski definition) is 3. The first-order chi connectivity index (χ1) is 9.63. The molecule has 0 saturated heterocycles. The van der Waals surface area contributed by atoms with Gasteiger partial charge in [0.05, 0.1) is 30.0 Å². The summed E-state index contributed by atoms with van der Waals surface area (Å²) in [7, 11) is 0. The summed E-state index contributed by atoms with van der Waals surface area (Å²) < 4.78 is 13.8. The van der Waals surface area contributed by atoms with Crippen molar-refractivity contribution in [3.05, 3.63) is 64.4 Å². The summed E-state index contributed by atoms with van der Waals surface area (Å²) in [5.74, 6) is -0.531. The van der Waals surface area contributed by atoms with Gasteiger partial charge >= 0.3 is 0 Å². The molecule has 0 amide bonds. The van der Waals surface area contributed by atoms with E-state index >= 15 is 0 Å². The van der Waals surface area contributed by atoms with Gasteiger partial charge in [-0.3, -0.25) is 0 Å². The largest absolute Gasteiger partial charge is 0.394 e. The maximum Gasteiger partial charge on any atom is 0.147 e. The van der Waals surface area contributed by atoms with Crippen LogP contribution in [0.2, 0.25) is 5.02 Å². The third kappa shape index (κ3) is 3.27. The number of nitrogens with one attached hydrogen (secondary N) is 1. The van der Waals surface area contributed by atoms with Crippen LogP contribution in [0.4, 0.5) is 10.1 Å². The molecule has 5 heteroatoms. The lowest BCUT2D eigenvalue weighted by Gasteiger charge is -2.18. The smallest absolute Gasteiger partial charge is 0.147 e. The molecule has 0 aliphatic rings. The highest BCUT2D eigenvalue weighted by Crippen LogP contribution is 2.23. The third-order valence-corrected chi connectivity index (χ3v) is 3.13. The molecule has 0 aromatic heterocycles. The van der Waals surface area contributed by atoms with Crippen LogP contribution in [-0.2, 0) is 0 Å². The zero-order chi connectivity index (χ0) is 14.5. The van der Waals surface area contributed by atoms with E-state index in [9.17, 15) is 9.50 Å². The molecule has 2 aromatic carbocycles. The highest BCUT2D eigenvalue weighted by atomic mass is 35.5. The van der Waals surface area contributed by atoms with Crippen molar-refractivity contribution in [2.24, 2.45) is 0 Å². The summed E-state index contributed by atoms with van der Waals surface area (Å²) in [6.45, 7) is -0.193. The molecule has 1 atom stereocenters. The van der Waals surface area contributed by atoms with E-state index in [2.05, 4.69) is 5.32 Å². The predicted molar refractivity (Wildman–Crippen MR) is 76.0 cm³/mol. The van der Waals surface area contributed by atoms with Crippen LogP contribution in [0.3, 0.4) is 0 Å². The number of halogens is 2. The summed E-state index contributed by atoms with van der Waals surface area (Å²) in [6.07, 6.45) is 0.